The van der Waals surface area contributed by atoms with Gasteiger partial charge in [-0.1, -0.05) is 0 Å². The molecule has 94 valence electrons. The number of likely N-dealkylation sites (N-methyl/N-ethyl adjacent to an activating group) is 1. The number of hydrogen-bond acceptors (Lipinski definition) is 4. The zero-order chi connectivity index (χ0) is 12.0. The quantitative estimate of drug-likeness (QED) is 0.627. The first-order chi connectivity index (χ1) is 7.58. The first-order valence-electron chi connectivity index (χ1n) is 5.90. The van der Waals surface area contributed by atoms with Crippen molar-refractivity contribution in [2.75, 3.05) is 46.8 Å². The van der Waals surface area contributed by atoms with Crippen LogP contribution in [-0.4, -0.2) is 73.7 Å². The summed E-state index contributed by atoms with van der Waals surface area (Å²) in [7, 11) is 4.16. The topological polar surface area (TPSA) is 55.8 Å². The minimum absolute atomic E-state index is 0.216. The Morgan fingerprint density at radius 2 is 2.31 bits per heavy atom. The lowest BCUT2D eigenvalue weighted by molar-refractivity contribution is -0.136. The summed E-state index contributed by atoms with van der Waals surface area (Å²) >= 11 is 0. The van der Waals surface area contributed by atoms with Gasteiger partial charge in [0.25, 0.3) is 0 Å². The van der Waals surface area contributed by atoms with E-state index >= 15 is 0 Å². The van der Waals surface area contributed by atoms with Crippen molar-refractivity contribution in [3.8, 4) is 0 Å². The second kappa shape index (κ2) is 6.83. The highest BCUT2D eigenvalue weighted by Gasteiger charge is 2.21. The summed E-state index contributed by atoms with van der Waals surface area (Å²) in [6.07, 6.45) is 1.35. The van der Waals surface area contributed by atoms with Gasteiger partial charge in [0.2, 0.25) is 0 Å². The van der Waals surface area contributed by atoms with Crippen LogP contribution in [-0.2, 0) is 4.79 Å². The van der Waals surface area contributed by atoms with Crippen LogP contribution in [0.3, 0.4) is 0 Å². The lowest BCUT2D eigenvalue weighted by atomic mass is 10.2. The first-order valence-corrected chi connectivity index (χ1v) is 5.90. The highest BCUT2D eigenvalue weighted by molar-refractivity contribution is 5.66. The molecule has 1 heterocycles. The normalized spacial score (nSPS) is 21.8. The first kappa shape index (κ1) is 13.4. The molecule has 16 heavy (non-hydrogen) atoms. The van der Waals surface area contributed by atoms with Crippen LogP contribution in [0.2, 0.25) is 0 Å². The summed E-state index contributed by atoms with van der Waals surface area (Å²) in [4.78, 5) is 15.0. The SMILES string of the molecule is CN(C)CCN1CCC(NCCC(=O)O)C1. The second-order valence-electron chi connectivity index (χ2n) is 4.69. The smallest absolute Gasteiger partial charge is 0.304 e. The van der Waals surface area contributed by atoms with Gasteiger partial charge in [-0.15, -0.1) is 0 Å². The van der Waals surface area contributed by atoms with Crippen molar-refractivity contribution >= 4 is 5.97 Å². The van der Waals surface area contributed by atoms with E-state index in [1.54, 1.807) is 0 Å². The van der Waals surface area contributed by atoms with E-state index in [2.05, 4.69) is 29.2 Å². The van der Waals surface area contributed by atoms with Crippen LogP contribution in [0.25, 0.3) is 0 Å². The van der Waals surface area contributed by atoms with Crippen molar-refractivity contribution in [2.45, 2.75) is 18.9 Å². The van der Waals surface area contributed by atoms with Crippen molar-refractivity contribution < 1.29 is 9.90 Å². The Bertz CT molecular complexity index is 221. The number of nitrogens with zero attached hydrogens (tertiary/aromatic N) is 2. The standard InChI is InChI=1S/C11H23N3O2/c1-13(2)7-8-14-6-4-10(9-14)12-5-3-11(15)16/h10,12H,3-9H2,1-2H3,(H,15,16). The van der Waals surface area contributed by atoms with Gasteiger partial charge in [-0.05, 0) is 27.1 Å². The zero-order valence-corrected chi connectivity index (χ0v) is 10.3. The molecule has 0 amide bonds. The number of hydrogen-bond donors (Lipinski definition) is 2. The Labute approximate surface area is 97.4 Å². The molecule has 0 aromatic rings. The summed E-state index contributed by atoms with van der Waals surface area (Å²) in [5.74, 6) is -0.727. The van der Waals surface area contributed by atoms with Crippen LogP contribution in [0, 0.1) is 0 Å². The van der Waals surface area contributed by atoms with Gasteiger partial charge in [-0.25, -0.2) is 0 Å². The van der Waals surface area contributed by atoms with Crippen molar-refractivity contribution in [1.29, 1.82) is 0 Å². The summed E-state index contributed by atoms with van der Waals surface area (Å²) < 4.78 is 0. The van der Waals surface area contributed by atoms with Crippen LogP contribution in [0.15, 0.2) is 0 Å². The fourth-order valence-electron chi connectivity index (χ4n) is 1.93. The molecule has 5 heteroatoms. The van der Waals surface area contributed by atoms with Gasteiger partial charge in [0.05, 0.1) is 6.42 Å². The number of carbonyl (C=O) groups is 1. The predicted octanol–water partition coefficient (Wildman–Crippen LogP) is -0.313. The molecular weight excluding hydrogens is 206 g/mol. The molecule has 0 spiro atoms. The molecule has 0 aliphatic carbocycles. The summed E-state index contributed by atoms with van der Waals surface area (Å²) in [6.45, 7) is 4.94. The lowest BCUT2D eigenvalue weighted by Crippen LogP contribution is -2.36. The molecule has 1 aliphatic heterocycles. The minimum atomic E-state index is -0.727. The zero-order valence-electron chi connectivity index (χ0n) is 10.3. The Kier molecular flexibility index (Phi) is 5.73. The van der Waals surface area contributed by atoms with E-state index in [0.717, 1.165) is 32.6 Å². The summed E-state index contributed by atoms with van der Waals surface area (Å²) in [5, 5.41) is 11.8. The van der Waals surface area contributed by atoms with Gasteiger partial charge in [0.15, 0.2) is 0 Å². The number of carboxylic acid groups (broad SMARTS) is 1. The number of rotatable bonds is 7. The fraction of sp³-hybridized carbons (Fsp3) is 0.909. The van der Waals surface area contributed by atoms with E-state index < -0.39 is 5.97 Å². The maximum absolute atomic E-state index is 10.4. The molecule has 1 atom stereocenters. The van der Waals surface area contributed by atoms with Crippen molar-refractivity contribution in [2.24, 2.45) is 0 Å². The highest BCUT2D eigenvalue weighted by Crippen LogP contribution is 2.08. The summed E-state index contributed by atoms with van der Waals surface area (Å²) in [6, 6.07) is 0.474. The average Bonchev–Trinajstić information content (AvgIpc) is 2.62. The van der Waals surface area contributed by atoms with Crippen LogP contribution in [0.4, 0.5) is 0 Å². The molecule has 1 rings (SSSR count). The third-order valence-electron chi connectivity index (χ3n) is 2.91. The number of nitrogens with one attached hydrogen (secondary N) is 1. The Hall–Kier alpha value is -0.650. The van der Waals surface area contributed by atoms with E-state index in [0.29, 0.717) is 12.6 Å². The minimum Gasteiger partial charge on any atom is -0.481 e. The molecule has 5 nitrogen and oxygen atoms in total. The second-order valence-corrected chi connectivity index (χ2v) is 4.69. The van der Waals surface area contributed by atoms with Crippen molar-refractivity contribution in [3.05, 3.63) is 0 Å². The molecule has 1 aliphatic rings. The molecule has 1 saturated heterocycles. The molecule has 0 aromatic heterocycles. The van der Waals surface area contributed by atoms with Gasteiger partial charge in [0, 0.05) is 32.2 Å². The van der Waals surface area contributed by atoms with Crippen molar-refractivity contribution in [1.82, 2.24) is 15.1 Å². The van der Waals surface area contributed by atoms with Gasteiger partial charge >= 0.3 is 5.97 Å². The molecular formula is C11H23N3O2. The van der Waals surface area contributed by atoms with Crippen LogP contribution in [0.1, 0.15) is 12.8 Å². The monoisotopic (exact) mass is 229 g/mol. The highest BCUT2D eigenvalue weighted by atomic mass is 16.4. The molecule has 1 unspecified atom stereocenters. The van der Waals surface area contributed by atoms with E-state index in [-0.39, 0.29) is 6.42 Å². The average molecular weight is 229 g/mol. The number of likely N-dealkylation sites (tertiary alicyclic amines) is 1. The van der Waals surface area contributed by atoms with E-state index in [1.807, 2.05) is 0 Å². The van der Waals surface area contributed by atoms with Crippen LogP contribution >= 0.6 is 0 Å². The van der Waals surface area contributed by atoms with Crippen molar-refractivity contribution in [3.63, 3.8) is 0 Å². The van der Waals surface area contributed by atoms with Gasteiger partial charge in [-0.2, -0.15) is 0 Å². The molecule has 1 fully saturated rings. The van der Waals surface area contributed by atoms with E-state index in [4.69, 9.17) is 5.11 Å². The maximum atomic E-state index is 10.4. The van der Waals surface area contributed by atoms with Crippen LogP contribution < -0.4 is 5.32 Å². The third kappa shape index (κ3) is 5.44. The molecule has 0 aromatic carbocycles. The fourth-order valence-corrected chi connectivity index (χ4v) is 1.93. The Balaban J connectivity index is 2.07. The number of carboxylic acids is 1. The van der Waals surface area contributed by atoms with Gasteiger partial charge in [0.1, 0.15) is 0 Å². The van der Waals surface area contributed by atoms with Crippen LogP contribution in [0.5, 0.6) is 0 Å². The Morgan fingerprint density at radius 3 is 2.94 bits per heavy atom. The largest absolute Gasteiger partial charge is 0.481 e. The van der Waals surface area contributed by atoms with Gasteiger partial charge in [-0.3, -0.25) is 4.79 Å². The summed E-state index contributed by atoms with van der Waals surface area (Å²) in [5.41, 5.74) is 0. The lowest BCUT2D eigenvalue weighted by Gasteiger charge is -2.18. The van der Waals surface area contributed by atoms with E-state index in [1.165, 1.54) is 0 Å². The molecule has 0 bridgehead atoms. The van der Waals surface area contributed by atoms with Gasteiger partial charge < -0.3 is 20.2 Å². The molecule has 2 N–H and O–H groups in total. The molecule has 0 radical (unpaired) electrons. The maximum Gasteiger partial charge on any atom is 0.304 e. The third-order valence-corrected chi connectivity index (χ3v) is 2.91. The van der Waals surface area contributed by atoms with E-state index in [9.17, 15) is 4.79 Å². The Morgan fingerprint density at radius 1 is 1.56 bits per heavy atom. The number of aliphatic carboxylic acids is 1. The molecule has 0 saturated carbocycles. The predicted molar refractivity (Wildman–Crippen MR) is 63.7 cm³/mol.